The van der Waals surface area contributed by atoms with Gasteiger partial charge in [0.05, 0.1) is 5.69 Å². The Morgan fingerprint density at radius 2 is 1.38 bits per heavy atom. The lowest BCUT2D eigenvalue weighted by Crippen LogP contribution is -1.84. The molecule has 0 saturated carbocycles. The molecule has 0 N–H and O–H groups in total. The van der Waals surface area contributed by atoms with Crippen LogP contribution in [-0.2, 0) is 0 Å². The fourth-order valence-electron chi connectivity index (χ4n) is 2.64. The number of pyridine rings is 1. The van der Waals surface area contributed by atoms with E-state index in [1.165, 1.54) is 11.1 Å². The number of rotatable bonds is 2. The van der Waals surface area contributed by atoms with Crippen LogP contribution < -0.4 is 0 Å². The Balaban J connectivity index is 1.93. The van der Waals surface area contributed by atoms with Gasteiger partial charge in [-0.15, -0.1) is 0 Å². The van der Waals surface area contributed by atoms with Crippen LogP contribution in [0.5, 0.6) is 0 Å². The molecule has 0 saturated heterocycles. The summed E-state index contributed by atoms with van der Waals surface area (Å²) in [6.07, 6.45) is 4.11. The standard InChI is InChI=1S/C19H14N2/c1-2-8-15(9-3-1)16-10-4-5-11-17(16)18-14-21-13-7-6-12-19(21)20-18/h1-14H. The molecule has 0 unspecified atom stereocenters. The monoisotopic (exact) mass is 270 g/mol. The van der Waals surface area contributed by atoms with Gasteiger partial charge in [-0.3, -0.25) is 0 Å². The molecule has 2 aromatic carbocycles. The lowest BCUT2D eigenvalue weighted by molar-refractivity contribution is 1.19. The Morgan fingerprint density at radius 1 is 0.667 bits per heavy atom. The van der Waals surface area contributed by atoms with Gasteiger partial charge < -0.3 is 4.40 Å². The van der Waals surface area contributed by atoms with Crippen molar-refractivity contribution in [3.63, 3.8) is 0 Å². The summed E-state index contributed by atoms with van der Waals surface area (Å²) < 4.78 is 2.05. The lowest BCUT2D eigenvalue weighted by Gasteiger charge is -2.07. The fourth-order valence-corrected chi connectivity index (χ4v) is 2.64. The third-order valence-electron chi connectivity index (χ3n) is 3.65. The minimum Gasteiger partial charge on any atom is -0.306 e. The van der Waals surface area contributed by atoms with Gasteiger partial charge >= 0.3 is 0 Å². The molecule has 0 aliphatic heterocycles. The van der Waals surface area contributed by atoms with Gasteiger partial charge in [0.25, 0.3) is 0 Å². The Bertz CT molecular complexity index is 859. The van der Waals surface area contributed by atoms with E-state index in [0.29, 0.717) is 0 Å². The van der Waals surface area contributed by atoms with Crippen LogP contribution in [0, 0.1) is 0 Å². The van der Waals surface area contributed by atoms with Gasteiger partial charge in [-0.2, -0.15) is 0 Å². The first kappa shape index (κ1) is 11.9. The summed E-state index contributed by atoms with van der Waals surface area (Å²) in [6.45, 7) is 0. The second kappa shape index (κ2) is 4.91. The van der Waals surface area contributed by atoms with Crippen molar-refractivity contribution < 1.29 is 0 Å². The number of nitrogens with zero attached hydrogens (tertiary/aromatic N) is 2. The molecule has 4 aromatic rings. The van der Waals surface area contributed by atoms with Crippen LogP contribution in [0.15, 0.2) is 85.2 Å². The number of fused-ring (bicyclic) bond motifs is 1. The van der Waals surface area contributed by atoms with Crippen LogP contribution in [0.4, 0.5) is 0 Å². The molecule has 0 amide bonds. The topological polar surface area (TPSA) is 17.3 Å². The van der Waals surface area contributed by atoms with Crippen molar-refractivity contribution >= 4 is 5.65 Å². The van der Waals surface area contributed by atoms with Gasteiger partial charge in [0.15, 0.2) is 0 Å². The van der Waals surface area contributed by atoms with E-state index in [1.54, 1.807) is 0 Å². The molecule has 0 aliphatic carbocycles. The SMILES string of the molecule is c1ccc(-c2ccccc2-c2cn3ccccc3n2)cc1. The molecular formula is C19H14N2. The highest BCUT2D eigenvalue weighted by Crippen LogP contribution is 2.31. The number of hydrogen-bond donors (Lipinski definition) is 0. The molecule has 100 valence electrons. The predicted octanol–water partition coefficient (Wildman–Crippen LogP) is 4.67. The molecule has 0 spiro atoms. The van der Waals surface area contributed by atoms with E-state index >= 15 is 0 Å². The van der Waals surface area contributed by atoms with E-state index in [9.17, 15) is 0 Å². The second-order valence-corrected chi connectivity index (χ2v) is 5.00. The molecule has 2 heterocycles. The predicted molar refractivity (Wildman–Crippen MR) is 86.1 cm³/mol. The summed E-state index contributed by atoms with van der Waals surface area (Å²) in [5.41, 5.74) is 5.55. The maximum Gasteiger partial charge on any atom is 0.137 e. The number of aromatic nitrogens is 2. The van der Waals surface area contributed by atoms with Gasteiger partial charge in [0.1, 0.15) is 5.65 Å². The van der Waals surface area contributed by atoms with Gasteiger partial charge in [0.2, 0.25) is 0 Å². The molecular weight excluding hydrogens is 256 g/mol. The molecule has 0 fully saturated rings. The van der Waals surface area contributed by atoms with Crippen LogP contribution in [0.2, 0.25) is 0 Å². The first-order valence-electron chi connectivity index (χ1n) is 7.00. The van der Waals surface area contributed by atoms with Crippen molar-refractivity contribution in [3.8, 4) is 22.4 Å². The third kappa shape index (κ3) is 2.11. The highest BCUT2D eigenvalue weighted by atomic mass is 15.0. The maximum absolute atomic E-state index is 4.73. The second-order valence-electron chi connectivity index (χ2n) is 5.00. The maximum atomic E-state index is 4.73. The number of imidazole rings is 1. The van der Waals surface area contributed by atoms with Crippen LogP contribution in [0.1, 0.15) is 0 Å². The summed E-state index contributed by atoms with van der Waals surface area (Å²) in [5, 5.41) is 0. The van der Waals surface area contributed by atoms with E-state index < -0.39 is 0 Å². The van der Waals surface area contributed by atoms with Crippen molar-refractivity contribution in [1.29, 1.82) is 0 Å². The average molecular weight is 270 g/mol. The minimum absolute atomic E-state index is 0.968. The summed E-state index contributed by atoms with van der Waals surface area (Å²) in [5.74, 6) is 0. The molecule has 2 nitrogen and oxygen atoms in total. The van der Waals surface area contributed by atoms with E-state index in [4.69, 9.17) is 4.98 Å². The van der Waals surface area contributed by atoms with E-state index in [2.05, 4.69) is 59.1 Å². The Morgan fingerprint density at radius 3 is 2.19 bits per heavy atom. The van der Waals surface area contributed by atoms with E-state index in [1.807, 2.05) is 30.5 Å². The Hall–Kier alpha value is -2.87. The van der Waals surface area contributed by atoms with Crippen molar-refractivity contribution in [2.45, 2.75) is 0 Å². The Labute approximate surface area is 123 Å². The molecule has 21 heavy (non-hydrogen) atoms. The highest BCUT2D eigenvalue weighted by molar-refractivity contribution is 5.82. The van der Waals surface area contributed by atoms with Crippen molar-refractivity contribution in [3.05, 3.63) is 85.2 Å². The van der Waals surface area contributed by atoms with Gasteiger partial charge in [-0.05, 0) is 23.3 Å². The minimum atomic E-state index is 0.968. The number of hydrogen-bond acceptors (Lipinski definition) is 1. The Kier molecular flexibility index (Phi) is 2.79. The molecule has 0 atom stereocenters. The van der Waals surface area contributed by atoms with Crippen LogP contribution in [-0.4, -0.2) is 9.38 Å². The molecule has 0 radical (unpaired) electrons. The van der Waals surface area contributed by atoms with E-state index in [-0.39, 0.29) is 0 Å². The summed E-state index contributed by atoms with van der Waals surface area (Å²) in [7, 11) is 0. The zero-order valence-electron chi connectivity index (χ0n) is 11.5. The lowest BCUT2D eigenvalue weighted by atomic mass is 9.98. The van der Waals surface area contributed by atoms with Crippen LogP contribution >= 0.6 is 0 Å². The summed E-state index contributed by atoms with van der Waals surface area (Å²) in [6, 6.07) is 24.9. The molecule has 0 bridgehead atoms. The first-order valence-corrected chi connectivity index (χ1v) is 7.00. The van der Waals surface area contributed by atoms with Crippen molar-refractivity contribution in [2.24, 2.45) is 0 Å². The number of benzene rings is 2. The zero-order chi connectivity index (χ0) is 14.1. The summed E-state index contributed by atoms with van der Waals surface area (Å²) in [4.78, 5) is 4.73. The summed E-state index contributed by atoms with van der Waals surface area (Å²) >= 11 is 0. The van der Waals surface area contributed by atoms with E-state index in [0.717, 1.165) is 16.9 Å². The van der Waals surface area contributed by atoms with Crippen molar-refractivity contribution in [1.82, 2.24) is 9.38 Å². The fraction of sp³-hybridized carbons (Fsp3) is 0. The van der Waals surface area contributed by atoms with Crippen LogP contribution in [0.3, 0.4) is 0 Å². The average Bonchev–Trinajstić information content (AvgIpc) is 2.99. The van der Waals surface area contributed by atoms with Crippen LogP contribution in [0.25, 0.3) is 28.0 Å². The van der Waals surface area contributed by atoms with Gasteiger partial charge in [-0.1, -0.05) is 60.7 Å². The first-order chi connectivity index (χ1) is 10.4. The van der Waals surface area contributed by atoms with Gasteiger partial charge in [-0.25, -0.2) is 4.98 Å². The quantitative estimate of drug-likeness (QED) is 0.517. The normalized spacial score (nSPS) is 10.9. The molecule has 2 aromatic heterocycles. The van der Waals surface area contributed by atoms with Crippen molar-refractivity contribution in [2.75, 3.05) is 0 Å². The molecule has 0 aliphatic rings. The molecule has 2 heteroatoms. The largest absolute Gasteiger partial charge is 0.306 e. The molecule has 4 rings (SSSR count). The van der Waals surface area contributed by atoms with Gasteiger partial charge in [0, 0.05) is 18.0 Å². The zero-order valence-corrected chi connectivity index (χ0v) is 11.5. The third-order valence-corrected chi connectivity index (χ3v) is 3.65. The smallest absolute Gasteiger partial charge is 0.137 e. The highest BCUT2D eigenvalue weighted by Gasteiger charge is 2.09.